The van der Waals surface area contributed by atoms with E-state index in [9.17, 15) is 19.2 Å². The molecule has 1 atom stereocenters. The number of benzene rings is 2. The fourth-order valence-corrected chi connectivity index (χ4v) is 7.22. The summed E-state index contributed by atoms with van der Waals surface area (Å²) in [6, 6.07) is 15.5. The number of hydrogen-bond acceptors (Lipinski definition) is 11. The second-order valence-electron chi connectivity index (χ2n) is 15.9. The summed E-state index contributed by atoms with van der Waals surface area (Å²) in [6.45, 7) is 10.9. The highest BCUT2D eigenvalue weighted by atomic mass is 16.6. The fourth-order valence-electron chi connectivity index (χ4n) is 7.22. The number of likely N-dealkylation sites (N-methyl/N-ethyl adjacent to an activating group) is 1. The third kappa shape index (κ3) is 10.0. The van der Waals surface area contributed by atoms with E-state index in [1.807, 2.05) is 62.9 Å². The Labute approximate surface area is 327 Å². The number of nitrogens with zero attached hydrogens (tertiary/aromatic N) is 7. The predicted molar refractivity (Wildman–Crippen MR) is 211 cm³/mol. The molecule has 2 fully saturated rings. The van der Waals surface area contributed by atoms with Gasteiger partial charge in [0.2, 0.25) is 11.7 Å². The molecule has 2 aromatic carbocycles. The molecular weight excluding hydrogens is 713 g/mol. The number of H-pyrrole nitrogens is 1. The lowest BCUT2D eigenvalue weighted by molar-refractivity contribution is -0.130. The molecule has 2 aliphatic rings. The Bertz CT molecular complexity index is 1980. The lowest BCUT2D eigenvalue weighted by Gasteiger charge is -2.32. The first kappa shape index (κ1) is 40.1. The molecule has 56 heavy (non-hydrogen) atoms. The van der Waals surface area contributed by atoms with Crippen molar-refractivity contribution < 1.29 is 23.9 Å². The van der Waals surface area contributed by atoms with E-state index in [4.69, 9.17) is 10.5 Å². The van der Waals surface area contributed by atoms with Gasteiger partial charge in [-0.3, -0.25) is 19.4 Å². The van der Waals surface area contributed by atoms with Gasteiger partial charge in [-0.2, -0.15) is 5.21 Å². The number of nitrogens with two attached hydrogens (primary N) is 1. The number of hydrogen-bond donors (Lipinski definition) is 3. The molecule has 15 heteroatoms. The standard InChI is InChI=1S/C41H52N10O5/c1-26-22-35(39(54)50-20-18-49(5)19-21-50)43-25-33(26)29-10-6-27(7-11-29)23-34(42)38(53)51(32-16-14-30(15-17-32)36-45-47-48-46-36)37(52)31-12-8-28(9-13-31)24-44-40(55)56-41(2,3)4/h6-7,10-11,14-17,22,25,28,31,34H,8-9,12-13,18-21,23-24,42H2,1-5H3,(H,44,55)(H,45,46,47,48)/t28?,31?,34-/m0/s1. The molecule has 0 bridgehead atoms. The van der Waals surface area contributed by atoms with Gasteiger partial charge in [-0.25, -0.2) is 9.69 Å². The number of rotatable bonds is 10. The van der Waals surface area contributed by atoms with Crippen LogP contribution in [0.5, 0.6) is 0 Å². The molecule has 4 N–H and O–H groups in total. The summed E-state index contributed by atoms with van der Waals surface area (Å²) in [4.78, 5) is 63.5. The van der Waals surface area contributed by atoms with E-state index < -0.39 is 23.6 Å². The molecule has 2 aromatic heterocycles. The number of alkyl carbamates (subject to hydrolysis) is 1. The van der Waals surface area contributed by atoms with Crippen molar-refractivity contribution in [2.45, 2.75) is 71.4 Å². The zero-order valence-electron chi connectivity index (χ0n) is 32.8. The van der Waals surface area contributed by atoms with E-state index >= 15 is 0 Å². The molecule has 3 heterocycles. The van der Waals surface area contributed by atoms with Crippen molar-refractivity contribution in [2.24, 2.45) is 17.6 Å². The molecule has 1 saturated heterocycles. The molecular formula is C41H52N10O5. The third-order valence-electron chi connectivity index (χ3n) is 10.5. The average Bonchev–Trinajstić information content (AvgIpc) is 3.73. The Morgan fingerprint density at radius 3 is 2.23 bits per heavy atom. The van der Waals surface area contributed by atoms with E-state index in [1.54, 1.807) is 30.5 Å². The van der Waals surface area contributed by atoms with Crippen molar-refractivity contribution in [1.82, 2.24) is 40.7 Å². The summed E-state index contributed by atoms with van der Waals surface area (Å²) in [5.74, 6) is -0.667. The number of anilines is 1. The van der Waals surface area contributed by atoms with Crippen molar-refractivity contribution in [1.29, 1.82) is 0 Å². The van der Waals surface area contributed by atoms with Gasteiger partial charge in [0.15, 0.2) is 0 Å². The number of aromatic nitrogens is 5. The highest BCUT2D eigenvalue weighted by Gasteiger charge is 2.35. The Balaban J connectivity index is 1.12. The van der Waals surface area contributed by atoms with E-state index in [-0.39, 0.29) is 30.1 Å². The smallest absolute Gasteiger partial charge is 0.407 e. The second kappa shape index (κ2) is 17.5. The largest absolute Gasteiger partial charge is 0.444 e. The van der Waals surface area contributed by atoms with Crippen LogP contribution in [-0.4, -0.2) is 111 Å². The molecule has 0 unspecified atom stereocenters. The molecule has 0 spiro atoms. The van der Waals surface area contributed by atoms with Crippen LogP contribution < -0.4 is 16.0 Å². The Kier molecular flexibility index (Phi) is 12.5. The number of imide groups is 1. The Morgan fingerprint density at radius 1 is 0.964 bits per heavy atom. The van der Waals surface area contributed by atoms with Gasteiger partial charge in [0.1, 0.15) is 11.3 Å². The van der Waals surface area contributed by atoms with Gasteiger partial charge in [-0.1, -0.05) is 24.3 Å². The van der Waals surface area contributed by atoms with Crippen LogP contribution in [0.2, 0.25) is 0 Å². The van der Waals surface area contributed by atoms with Crippen molar-refractivity contribution >= 4 is 29.5 Å². The van der Waals surface area contributed by atoms with Gasteiger partial charge in [0.25, 0.3) is 11.8 Å². The van der Waals surface area contributed by atoms with Gasteiger partial charge < -0.3 is 25.6 Å². The minimum Gasteiger partial charge on any atom is -0.444 e. The SMILES string of the molecule is Cc1cc(C(=O)N2CCN(C)CC2)ncc1-c1ccc(C[C@H](N)C(=O)N(C(=O)C2CCC(CNC(=O)OC(C)(C)C)CC2)c2ccc(-c3nn[nH]n3)cc2)cc1. The van der Waals surface area contributed by atoms with Gasteiger partial charge in [-0.15, -0.1) is 10.2 Å². The van der Waals surface area contributed by atoms with Crippen LogP contribution in [0, 0.1) is 18.8 Å². The van der Waals surface area contributed by atoms with E-state index in [0.717, 1.165) is 35.3 Å². The third-order valence-corrected chi connectivity index (χ3v) is 10.5. The molecule has 4 amide bonds. The number of aryl methyl sites for hydroxylation is 1. The van der Waals surface area contributed by atoms with Crippen LogP contribution in [0.4, 0.5) is 10.5 Å². The second-order valence-corrected chi connectivity index (χ2v) is 15.9. The van der Waals surface area contributed by atoms with Gasteiger partial charge in [0, 0.05) is 56.0 Å². The molecule has 1 aliphatic carbocycles. The number of carbonyl (C=O) groups is 4. The van der Waals surface area contributed by atoms with Crippen LogP contribution in [0.1, 0.15) is 68.1 Å². The van der Waals surface area contributed by atoms with Crippen molar-refractivity contribution in [3.05, 3.63) is 77.6 Å². The molecule has 15 nitrogen and oxygen atoms in total. The monoisotopic (exact) mass is 764 g/mol. The minimum atomic E-state index is -1.00. The van der Waals surface area contributed by atoms with Crippen LogP contribution >= 0.6 is 0 Å². The van der Waals surface area contributed by atoms with Crippen LogP contribution in [0.3, 0.4) is 0 Å². The number of ether oxygens (including phenoxy) is 1. The van der Waals surface area contributed by atoms with E-state index in [0.29, 0.717) is 68.1 Å². The lowest BCUT2D eigenvalue weighted by Crippen LogP contribution is -2.50. The first-order valence-electron chi connectivity index (χ1n) is 19.2. The molecule has 1 saturated carbocycles. The number of nitrogens with one attached hydrogen (secondary N) is 2. The average molecular weight is 765 g/mol. The number of pyridine rings is 1. The molecule has 0 radical (unpaired) electrons. The minimum absolute atomic E-state index is 0.0579. The number of tetrazole rings is 1. The van der Waals surface area contributed by atoms with Crippen molar-refractivity contribution in [3.63, 3.8) is 0 Å². The first-order chi connectivity index (χ1) is 26.8. The number of piperazine rings is 1. The summed E-state index contributed by atoms with van der Waals surface area (Å²) < 4.78 is 5.37. The predicted octanol–water partition coefficient (Wildman–Crippen LogP) is 4.39. The Morgan fingerprint density at radius 2 is 1.62 bits per heavy atom. The van der Waals surface area contributed by atoms with Gasteiger partial charge in [-0.05, 0) is 125 Å². The molecule has 6 rings (SSSR count). The highest BCUT2D eigenvalue weighted by Crippen LogP contribution is 2.32. The van der Waals surface area contributed by atoms with E-state index in [2.05, 4.69) is 42.9 Å². The zero-order valence-corrected chi connectivity index (χ0v) is 32.8. The maximum atomic E-state index is 14.2. The summed E-state index contributed by atoms with van der Waals surface area (Å²) >= 11 is 0. The molecule has 4 aromatic rings. The van der Waals surface area contributed by atoms with Crippen LogP contribution in [-0.2, 0) is 20.7 Å². The summed E-state index contributed by atoms with van der Waals surface area (Å²) in [5, 5.41) is 16.9. The Hall–Kier alpha value is -5.54. The normalized spacial score (nSPS) is 18.2. The van der Waals surface area contributed by atoms with Crippen LogP contribution in [0.15, 0.2) is 60.8 Å². The quantitative estimate of drug-likeness (QED) is 0.208. The topological polar surface area (TPSA) is 193 Å². The van der Waals surface area contributed by atoms with Crippen molar-refractivity contribution in [2.75, 3.05) is 44.7 Å². The molecule has 1 aliphatic heterocycles. The van der Waals surface area contributed by atoms with E-state index in [1.165, 1.54) is 4.90 Å². The summed E-state index contributed by atoms with van der Waals surface area (Å²) in [7, 11) is 2.05. The summed E-state index contributed by atoms with van der Waals surface area (Å²) in [5.41, 5.74) is 11.1. The maximum absolute atomic E-state index is 14.2. The van der Waals surface area contributed by atoms with Gasteiger partial charge >= 0.3 is 6.09 Å². The first-order valence-corrected chi connectivity index (χ1v) is 19.2. The lowest BCUT2D eigenvalue weighted by atomic mass is 9.81. The summed E-state index contributed by atoms with van der Waals surface area (Å²) in [6.07, 6.45) is 4.06. The van der Waals surface area contributed by atoms with Crippen LogP contribution in [0.25, 0.3) is 22.5 Å². The zero-order chi connectivity index (χ0) is 40.0. The van der Waals surface area contributed by atoms with Gasteiger partial charge in [0.05, 0.1) is 11.7 Å². The fraction of sp³-hybridized carbons (Fsp3) is 0.463. The molecule has 296 valence electrons. The highest BCUT2D eigenvalue weighted by molar-refractivity contribution is 6.17. The number of amides is 4. The number of carbonyl (C=O) groups excluding carboxylic acids is 4. The van der Waals surface area contributed by atoms with Crippen molar-refractivity contribution in [3.8, 4) is 22.5 Å². The maximum Gasteiger partial charge on any atom is 0.407 e. The number of aromatic amines is 1.